The molecule has 19 heavy (non-hydrogen) atoms. The van der Waals surface area contributed by atoms with Gasteiger partial charge >= 0.3 is 0 Å². The Labute approximate surface area is 115 Å². The summed E-state index contributed by atoms with van der Waals surface area (Å²) in [5.41, 5.74) is 3.08. The first-order chi connectivity index (χ1) is 9.26. The Hall–Kier alpha value is -1.06. The molecule has 1 aromatic rings. The Kier molecular flexibility index (Phi) is 5.23. The van der Waals surface area contributed by atoms with E-state index in [0.717, 1.165) is 16.7 Å². The molecule has 0 atom stereocenters. The molecule has 0 saturated heterocycles. The molecule has 1 saturated carbocycles. The van der Waals surface area contributed by atoms with E-state index in [2.05, 4.69) is 6.07 Å². The van der Waals surface area contributed by atoms with Gasteiger partial charge in [-0.3, -0.25) is 0 Å². The first kappa shape index (κ1) is 14.4. The maximum Gasteiger partial charge on any atom is 0.124 e. The summed E-state index contributed by atoms with van der Waals surface area (Å²) in [5, 5.41) is 10.4. The van der Waals surface area contributed by atoms with Gasteiger partial charge in [0, 0.05) is 19.8 Å². The van der Waals surface area contributed by atoms with Crippen molar-refractivity contribution >= 4 is 0 Å². The van der Waals surface area contributed by atoms with Crippen LogP contribution in [-0.4, -0.2) is 19.3 Å². The van der Waals surface area contributed by atoms with Crippen LogP contribution in [0.25, 0.3) is 0 Å². The van der Waals surface area contributed by atoms with Gasteiger partial charge in [-0.1, -0.05) is 19.3 Å². The van der Waals surface area contributed by atoms with Gasteiger partial charge in [-0.15, -0.1) is 0 Å². The molecule has 3 heteroatoms. The smallest absolute Gasteiger partial charge is 0.124 e. The molecule has 106 valence electrons. The van der Waals surface area contributed by atoms with Crippen LogP contribution in [0.1, 0.15) is 54.7 Å². The second kappa shape index (κ2) is 6.92. The molecule has 0 bridgehead atoms. The molecule has 0 radical (unpaired) electrons. The fraction of sp³-hybridized carbons (Fsp3) is 0.625. The van der Waals surface area contributed by atoms with Gasteiger partial charge in [0.2, 0.25) is 0 Å². The fourth-order valence-corrected chi connectivity index (χ4v) is 3.03. The van der Waals surface area contributed by atoms with Gasteiger partial charge in [-0.05, 0) is 42.0 Å². The lowest BCUT2D eigenvalue weighted by Gasteiger charge is -2.24. The van der Waals surface area contributed by atoms with Crippen molar-refractivity contribution in [3.8, 4) is 5.75 Å². The summed E-state index contributed by atoms with van der Waals surface area (Å²) in [4.78, 5) is 0. The van der Waals surface area contributed by atoms with Gasteiger partial charge < -0.3 is 14.6 Å². The van der Waals surface area contributed by atoms with Gasteiger partial charge in [-0.2, -0.15) is 0 Å². The SMILES string of the molecule is COCc1cc(COC)c(O)c(C2CCCCC2)c1. The van der Waals surface area contributed by atoms with Gasteiger partial charge in [0.1, 0.15) is 5.75 Å². The third kappa shape index (κ3) is 3.48. The van der Waals surface area contributed by atoms with Crippen LogP contribution in [-0.2, 0) is 22.7 Å². The number of benzene rings is 1. The Balaban J connectivity index is 2.32. The number of rotatable bonds is 5. The van der Waals surface area contributed by atoms with Crippen LogP contribution in [0.2, 0.25) is 0 Å². The molecule has 0 amide bonds. The van der Waals surface area contributed by atoms with Crippen LogP contribution in [0.3, 0.4) is 0 Å². The lowest BCUT2D eigenvalue weighted by Crippen LogP contribution is -2.07. The molecule has 0 aromatic heterocycles. The highest BCUT2D eigenvalue weighted by molar-refractivity contribution is 5.45. The number of phenols is 1. The summed E-state index contributed by atoms with van der Waals surface area (Å²) in [5.74, 6) is 0.912. The Bertz CT molecular complexity index is 409. The molecule has 1 N–H and O–H groups in total. The number of methoxy groups -OCH3 is 2. The quantitative estimate of drug-likeness (QED) is 0.880. The van der Waals surface area contributed by atoms with E-state index >= 15 is 0 Å². The van der Waals surface area contributed by atoms with Crippen LogP contribution in [0.15, 0.2) is 12.1 Å². The highest BCUT2D eigenvalue weighted by Crippen LogP contribution is 2.39. The fourth-order valence-electron chi connectivity index (χ4n) is 3.03. The van der Waals surface area contributed by atoms with E-state index in [1.807, 2.05) is 6.07 Å². The van der Waals surface area contributed by atoms with E-state index in [4.69, 9.17) is 9.47 Å². The highest BCUT2D eigenvalue weighted by Gasteiger charge is 2.21. The van der Waals surface area contributed by atoms with Crippen LogP contribution in [0.5, 0.6) is 5.75 Å². The molecule has 3 nitrogen and oxygen atoms in total. The van der Waals surface area contributed by atoms with E-state index in [9.17, 15) is 5.11 Å². The first-order valence-electron chi connectivity index (χ1n) is 7.08. The average molecular weight is 264 g/mol. The van der Waals surface area contributed by atoms with Gasteiger partial charge in [-0.25, -0.2) is 0 Å². The van der Waals surface area contributed by atoms with Crippen LogP contribution in [0.4, 0.5) is 0 Å². The number of hydrogen-bond acceptors (Lipinski definition) is 3. The normalized spacial score (nSPS) is 16.7. The molecule has 1 fully saturated rings. The van der Waals surface area contributed by atoms with E-state index < -0.39 is 0 Å². The highest BCUT2D eigenvalue weighted by atomic mass is 16.5. The molecule has 1 aliphatic carbocycles. The lowest BCUT2D eigenvalue weighted by molar-refractivity contribution is 0.177. The minimum Gasteiger partial charge on any atom is -0.507 e. The zero-order valence-corrected chi connectivity index (χ0v) is 11.9. The van der Waals surface area contributed by atoms with E-state index in [-0.39, 0.29) is 0 Å². The molecule has 1 aromatic carbocycles. The van der Waals surface area contributed by atoms with Crippen LogP contribution in [0, 0.1) is 0 Å². The summed E-state index contributed by atoms with van der Waals surface area (Å²) in [6.45, 7) is 1.03. The number of ether oxygens (including phenoxy) is 2. The van der Waals surface area contributed by atoms with E-state index in [1.165, 1.54) is 32.1 Å². The van der Waals surface area contributed by atoms with Gasteiger partial charge in [0.15, 0.2) is 0 Å². The predicted octanol–water partition coefficient (Wildman–Crippen LogP) is 3.73. The van der Waals surface area contributed by atoms with E-state index in [0.29, 0.717) is 24.9 Å². The summed E-state index contributed by atoms with van der Waals surface area (Å²) in [7, 11) is 3.35. The van der Waals surface area contributed by atoms with Gasteiger partial charge in [0.05, 0.1) is 13.2 Å². The molecule has 2 rings (SSSR count). The topological polar surface area (TPSA) is 38.7 Å². The molecule has 1 aliphatic rings. The molecule has 0 heterocycles. The largest absolute Gasteiger partial charge is 0.507 e. The van der Waals surface area contributed by atoms with Crippen molar-refractivity contribution < 1.29 is 14.6 Å². The number of aromatic hydroxyl groups is 1. The third-order valence-corrected chi connectivity index (χ3v) is 3.93. The standard InChI is InChI=1S/C16H24O3/c1-18-10-12-8-14(11-19-2)16(17)15(9-12)13-6-4-3-5-7-13/h8-9,13,17H,3-7,10-11H2,1-2H3. The lowest BCUT2D eigenvalue weighted by atomic mass is 9.82. The van der Waals surface area contributed by atoms with Crippen LogP contribution < -0.4 is 0 Å². The Morgan fingerprint density at radius 1 is 1.05 bits per heavy atom. The minimum absolute atomic E-state index is 0.425. The average Bonchev–Trinajstić information content (AvgIpc) is 2.44. The van der Waals surface area contributed by atoms with Crippen molar-refractivity contribution in [3.05, 3.63) is 28.8 Å². The second-order valence-corrected chi connectivity index (χ2v) is 5.39. The maximum atomic E-state index is 10.4. The van der Waals surface area contributed by atoms with Crippen molar-refractivity contribution in [2.45, 2.75) is 51.2 Å². The molecule has 0 spiro atoms. The molecule has 0 aliphatic heterocycles. The monoisotopic (exact) mass is 264 g/mol. The molecule has 0 unspecified atom stereocenters. The summed E-state index contributed by atoms with van der Waals surface area (Å²) in [6, 6.07) is 4.09. The first-order valence-corrected chi connectivity index (χ1v) is 7.08. The third-order valence-electron chi connectivity index (χ3n) is 3.93. The second-order valence-electron chi connectivity index (χ2n) is 5.39. The van der Waals surface area contributed by atoms with Crippen molar-refractivity contribution in [1.82, 2.24) is 0 Å². The van der Waals surface area contributed by atoms with Crippen LogP contribution >= 0.6 is 0 Å². The van der Waals surface area contributed by atoms with Gasteiger partial charge in [0.25, 0.3) is 0 Å². The Morgan fingerprint density at radius 3 is 2.37 bits per heavy atom. The number of phenolic OH excluding ortho intramolecular Hbond substituents is 1. The molecular formula is C16H24O3. The van der Waals surface area contributed by atoms with Crippen molar-refractivity contribution in [2.24, 2.45) is 0 Å². The van der Waals surface area contributed by atoms with Crippen molar-refractivity contribution in [1.29, 1.82) is 0 Å². The maximum absolute atomic E-state index is 10.4. The zero-order chi connectivity index (χ0) is 13.7. The van der Waals surface area contributed by atoms with Crippen molar-refractivity contribution in [3.63, 3.8) is 0 Å². The molecular weight excluding hydrogens is 240 g/mol. The summed E-state index contributed by atoms with van der Waals surface area (Å²) in [6.07, 6.45) is 6.20. The van der Waals surface area contributed by atoms with Crippen molar-refractivity contribution in [2.75, 3.05) is 14.2 Å². The minimum atomic E-state index is 0.425. The summed E-state index contributed by atoms with van der Waals surface area (Å²) < 4.78 is 10.4. The summed E-state index contributed by atoms with van der Waals surface area (Å²) >= 11 is 0. The Morgan fingerprint density at radius 2 is 1.74 bits per heavy atom. The predicted molar refractivity (Wildman–Crippen MR) is 75.4 cm³/mol. The zero-order valence-electron chi connectivity index (χ0n) is 11.9. The number of hydrogen-bond donors (Lipinski definition) is 1. The van der Waals surface area contributed by atoms with E-state index in [1.54, 1.807) is 14.2 Å².